The van der Waals surface area contributed by atoms with Gasteiger partial charge in [0.25, 0.3) is 5.91 Å². The number of carbonyl (C=O) groups is 3. The van der Waals surface area contributed by atoms with Gasteiger partial charge in [0, 0.05) is 5.70 Å². The van der Waals surface area contributed by atoms with Crippen molar-refractivity contribution in [3.8, 4) is 29.1 Å². The first-order valence-electron chi connectivity index (χ1n) is 14.2. The molecule has 0 unspecified atom stereocenters. The molecule has 0 radical (unpaired) electrons. The third kappa shape index (κ3) is 8.91. The van der Waals surface area contributed by atoms with Crippen molar-refractivity contribution in [3.05, 3.63) is 91.7 Å². The van der Waals surface area contributed by atoms with Crippen molar-refractivity contribution in [2.24, 2.45) is 5.10 Å². The van der Waals surface area contributed by atoms with Crippen molar-refractivity contribution < 1.29 is 38.1 Å². The minimum absolute atomic E-state index is 0.176. The summed E-state index contributed by atoms with van der Waals surface area (Å²) >= 11 is 2.13. The van der Waals surface area contributed by atoms with Gasteiger partial charge in [-0.2, -0.15) is 10.4 Å². The molecular weight excluding hydrogens is 721 g/mol. The van der Waals surface area contributed by atoms with Crippen molar-refractivity contribution >= 4 is 46.7 Å². The molecule has 1 aliphatic rings. The number of hydrogen-bond donors (Lipinski definition) is 3. The lowest BCUT2D eigenvalue weighted by molar-refractivity contribution is -0.139. The van der Waals surface area contributed by atoms with Crippen molar-refractivity contribution in [2.45, 2.75) is 26.5 Å². The number of allylic oxidation sites excluding steroid dienone is 1. The Morgan fingerprint density at radius 1 is 1.04 bits per heavy atom. The third-order valence-electron chi connectivity index (χ3n) is 6.77. The monoisotopic (exact) mass is 753 g/mol. The minimum atomic E-state index is -0.784. The maximum atomic E-state index is 12.6. The summed E-state index contributed by atoms with van der Waals surface area (Å²) in [6.07, 6.45) is 1.46. The van der Waals surface area contributed by atoms with E-state index in [0.717, 1.165) is 9.13 Å². The van der Waals surface area contributed by atoms with E-state index in [9.17, 15) is 14.4 Å². The molecule has 0 saturated heterocycles. The fourth-order valence-corrected chi connectivity index (χ4v) is 5.33. The van der Waals surface area contributed by atoms with Crippen LogP contribution >= 0.6 is 22.6 Å². The minimum Gasteiger partial charge on any atom is -0.493 e. The molecule has 1 aliphatic heterocycles. The molecule has 244 valence electrons. The smallest absolute Gasteiger partial charge is 0.338 e. The number of methoxy groups -OCH3 is 2. The van der Waals surface area contributed by atoms with Crippen LogP contribution in [0, 0.1) is 14.9 Å². The van der Waals surface area contributed by atoms with Crippen LogP contribution in [-0.4, -0.2) is 51.6 Å². The van der Waals surface area contributed by atoms with E-state index in [1.807, 2.05) is 18.2 Å². The van der Waals surface area contributed by atoms with Gasteiger partial charge in [0.05, 0.1) is 53.9 Å². The molecule has 3 aromatic rings. The van der Waals surface area contributed by atoms with Crippen LogP contribution in [0.1, 0.15) is 42.1 Å². The Balaban J connectivity index is 1.37. The van der Waals surface area contributed by atoms with Crippen LogP contribution in [0.15, 0.2) is 71.0 Å². The Hall–Kier alpha value is -5.30. The first-order chi connectivity index (χ1) is 22.7. The number of nitrogens with one attached hydrogen (secondary N) is 3. The number of hydrazone groups is 1. The first-order valence-corrected chi connectivity index (χ1v) is 15.3. The van der Waals surface area contributed by atoms with E-state index < -0.39 is 23.9 Å². The summed E-state index contributed by atoms with van der Waals surface area (Å²) in [5, 5.41) is 18.3. The molecule has 47 heavy (non-hydrogen) atoms. The summed E-state index contributed by atoms with van der Waals surface area (Å²) in [5.41, 5.74) is 5.75. The van der Waals surface area contributed by atoms with E-state index in [1.54, 1.807) is 50.2 Å². The van der Waals surface area contributed by atoms with Gasteiger partial charge in [-0.15, -0.1) is 0 Å². The summed E-state index contributed by atoms with van der Waals surface area (Å²) in [5.74, 6) is 0.515. The fourth-order valence-electron chi connectivity index (χ4n) is 4.55. The van der Waals surface area contributed by atoms with E-state index in [2.05, 4.69) is 49.8 Å². The Morgan fingerprint density at radius 3 is 2.47 bits per heavy atom. The zero-order chi connectivity index (χ0) is 33.9. The summed E-state index contributed by atoms with van der Waals surface area (Å²) in [7, 11) is 2.96. The van der Waals surface area contributed by atoms with Gasteiger partial charge in [0.15, 0.2) is 29.6 Å². The number of carbonyl (C=O) groups excluding carboxylic acids is 3. The van der Waals surface area contributed by atoms with E-state index in [-0.39, 0.29) is 36.9 Å². The Morgan fingerprint density at radius 2 is 1.79 bits per heavy atom. The zero-order valence-corrected chi connectivity index (χ0v) is 28.2. The Bertz CT molecular complexity index is 1750. The quantitative estimate of drug-likeness (QED) is 0.0987. The first kappa shape index (κ1) is 34.6. The van der Waals surface area contributed by atoms with E-state index in [1.165, 1.54) is 20.4 Å². The van der Waals surface area contributed by atoms with Crippen LogP contribution in [0.5, 0.6) is 23.0 Å². The Kier molecular flexibility index (Phi) is 12.0. The van der Waals surface area contributed by atoms with Gasteiger partial charge >= 0.3 is 12.0 Å². The number of urea groups is 1. The molecule has 1 atom stereocenters. The van der Waals surface area contributed by atoms with Gasteiger partial charge in [0.1, 0.15) is 6.61 Å². The summed E-state index contributed by atoms with van der Waals surface area (Å²) in [6, 6.07) is 16.3. The zero-order valence-electron chi connectivity index (χ0n) is 26.0. The largest absolute Gasteiger partial charge is 0.493 e. The molecule has 0 aliphatic carbocycles. The predicted octanol–water partition coefficient (Wildman–Crippen LogP) is 4.48. The molecule has 0 aromatic heterocycles. The standard InChI is InChI=1S/C33H32IN5O8/c1-5-45-32(41)29-19(2)37-33(42)38-30(29)23-10-11-25(26(14-23)43-3)46-18-28(40)39-36-16-22-12-24(34)31(27(13-22)44-4)47-17-21-8-6-20(15-35)7-9-21/h6-14,16,30H,5,17-18H2,1-4H3,(H,39,40)(H2,37,38,42)/b36-16+/t30-/m0/s1. The van der Waals surface area contributed by atoms with Gasteiger partial charge in [0.2, 0.25) is 0 Å². The summed E-state index contributed by atoms with van der Waals surface area (Å²) < 4.78 is 28.6. The lowest BCUT2D eigenvalue weighted by Crippen LogP contribution is -2.45. The average Bonchev–Trinajstić information content (AvgIpc) is 3.06. The molecular formula is C33H32IN5O8. The SMILES string of the molecule is CCOC(=O)C1=C(C)NC(=O)N[C@H]1c1ccc(OCC(=O)N/N=C/c2cc(I)c(OCc3ccc(C#N)cc3)c(OC)c2)c(OC)c1. The highest BCUT2D eigenvalue weighted by Crippen LogP contribution is 2.35. The maximum absolute atomic E-state index is 12.6. The average molecular weight is 754 g/mol. The highest BCUT2D eigenvalue weighted by molar-refractivity contribution is 14.1. The summed E-state index contributed by atoms with van der Waals surface area (Å²) in [6.45, 7) is 3.41. The highest BCUT2D eigenvalue weighted by Gasteiger charge is 2.32. The second-order valence-electron chi connectivity index (χ2n) is 9.91. The lowest BCUT2D eigenvalue weighted by atomic mass is 9.95. The molecule has 4 rings (SSSR count). The topological polar surface area (TPSA) is 170 Å². The number of nitrogens with zero attached hydrogens (tertiary/aromatic N) is 2. The van der Waals surface area contributed by atoms with Crippen LogP contribution in [0.2, 0.25) is 0 Å². The molecule has 3 aromatic carbocycles. The van der Waals surface area contributed by atoms with Crippen LogP contribution in [0.4, 0.5) is 4.79 Å². The summed E-state index contributed by atoms with van der Waals surface area (Å²) in [4.78, 5) is 37.3. The molecule has 0 bridgehead atoms. The lowest BCUT2D eigenvalue weighted by Gasteiger charge is -2.28. The number of hydrogen-bond acceptors (Lipinski definition) is 10. The molecule has 1 heterocycles. The highest BCUT2D eigenvalue weighted by atomic mass is 127. The molecule has 0 saturated carbocycles. The van der Waals surface area contributed by atoms with Gasteiger partial charge in [-0.25, -0.2) is 15.0 Å². The normalized spacial score (nSPS) is 14.0. The second-order valence-corrected chi connectivity index (χ2v) is 11.1. The van der Waals surface area contributed by atoms with Crippen LogP contribution in [0.25, 0.3) is 0 Å². The van der Waals surface area contributed by atoms with Crippen molar-refractivity contribution in [1.29, 1.82) is 5.26 Å². The van der Waals surface area contributed by atoms with Crippen molar-refractivity contribution in [3.63, 3.8) is 0 Å². The number of nitriles is 1. The number of halogens is 1. The van der Waals surface area contributed by atoms with Gasteiger partial charge in [-0.05, 0) is 89.5 Å². The molecule has 14 heteroatoms. The van der Waals surface area contributed by atoms with E-state index >= 15 is 0 Å². The van der Waals surface area contributed by atoms with Crippen LogP contribution in [0.3, 0.4) is 0 Å². The number of amides is 3. The second kappa shape index (κ2) is 16.3. The fraction of sp³-hybridized carbons (Fsp3) is 0.242. The number of ether oxygens (including phenoxy) is 5. The molecule has 0 spiro atoms. The molecule has 0 fully saturated rings. The molecule has 3 amide bonds. The van der Waals surface area contributed by atoms with Crippen LogP contribution < -0.4 is 35.0 Å². The number of esters is 1. The van der Waals surface area contributed by atoms with E-state index in [4.69, 9.17) is 28.9 Å². The van der Waals surface area contributed by atoms with Crippen LogP contribution in [-0.2, 0) is 20.9 Å². The predicted molar refractivity (Wildman–Crippen MR) is 179 cm³/mol. The Labute approximate surface area is 285 Å². The number of benzene rings is 3. The van der Waals surface area contributed by atoms with E-state index in [0.29, 0.717) is 33.9 Å². The number of rotatable bonds is 13. The maximum Gasteiger partial charge on any atom is 0.338 e. The van der Waals surface area contributed by atoms with Crippen molar-refractivity contribution in [1.82, 2.24) is 16.1 Å². The molecule has 13 nitrogen and oxygen atoms in total. The molecule has 3 N–H and O–H groups in total. The van der Waals surface area contributed by atoms with Crippen molar-refractivity contribution in [2.75, 3.05) is 27.4 Å². The van der Waals surface area contributed by atoms with Gasteiger partial charge in [-0.3, -0.25) is 4.79 Å². The third-order valence-corrected chi connectivity index (χ3v) is 7.57. The van der Waals surface area contributed by atoms with Gasteiger partial charge < -0.3 is 34.3 Å². The van der Waals surface area contributed by atoms with Gasteiger partial charge in [-0.1, -0.05) is 18.2 Å².